The predicted octanol–water partition coefficient (Wildman–Crippen LogP) is 3.56. The number of aromatic nitrogens is 3. The molecule has 0 fully saturated rings. The van der Waals surface area contributed by atoms with E-state index >= 15 is 0 Å². The summed E-state index contributed by atoms with van der Waals surface area (Å²) >= 11 is 0. The standard InChI is InChI=1S/C18H17F3N4O4/c1-9(24-10(2)26)8-27-13-6-23-14(7-22-13)28-12-5-4-11-16(15(12)19)29-17(25-11)18(3,20)21/h4-7,9H,8H2,1-3H3,(H,24,26). The Kier molecular flexibility index (Phi) is 5.57. The van der Waals surface area contributed by atoms with Crippen LogP contribution in [-0.4, -0.2) is 33.5 Å². The van der Waals surface area contributed by atoms with Gasteiger partial charge in [0.15, 0.2) is 11.3 Å². The van der Waals surface area contributed by atoms with Crippen LogP contribution in [0.15, 0.2) is 28.9 Å². The molecule has 2 aromatic heterocycles. The van der Waals surface area contributed by atoms with Crippen molar-refractivity contribution in [2.75, 3.05) is 6.61 Å². The number of nitrogens with one attached hydrogen (secondary N) is 1. The van der Waals surface area contributed by atoms with E-state index in [0.717, 1.165) is 0 Å². The summed E-state index contributed by atoms with van der Waals surface area (Å²) in [4.78, 5) is 22.5. The highest BCUT2D eigenvalue weighted by Gasteiger charge is 2.32. The Morgan fingerprint density at radius 3 is 2.59 bits per heavy atom. The Labute approximate surface area is 163 Å². The molecule has 0 aliphatic carbocycles. The maximum atomic E-state index is 14.5. The largest absolute Gasteiger partial charge is 0.474 e. The summed E-state index contributed by atoms with van der Waals surface area (Å²) in [7, 11) is 0. The quantitative estimate of drug-likeness (QED) is 0.636. The molecule has 0 bridgehead atoms. The van der Waals surface area contributed by atoms with Gasteiger partial charge in [0.25, 0.3) is 5.89 Å². The van der Waals surface area contributed by atoms with Crippen molar-refractivity contribution in [1.29, 1.82) is 0 Å². The van der Waals surface area contributed by atoms with Gasteiger partial charge in [0.2, 0.25) is 23.5 Å². The summed E-state index contributed by atoms with van der Waals surface area (Å²) in [5.41, 5.74) is -0.506. The summed E-state index contributed by atoms with van der Waals surface area (Å²) in [6.07, 6.45) is 2.46. The summed E-state index contributed by atoms with van der Waals surface area (Å²) in [5.74, 6) is -5.57. The van der Waals surface area contributed by atoms with Crippen LogP contribution in [0.1, 0.15) is 26.7 Å². The van der Waals surface area contributed by atoms with E-state index < -0.39 is 23.2 Å². The molecule has 3 aromatic rings. The van der Waals surface area contributed by atoms with E-state index in [0.29, 0.717) is 6.92 Å². The lowest BCUT2D eigenvalue weighted by Crippen LogP contribution is -2.35. The number of rotatable bonds is 7. The van der Waals surface area contributed by atoms with E-state index in [9.17, 15) is 18.0 Å². The number of nitrogens with zero attached hydrogens (tertiary/aromatic N) is 3. The van der Waals surface area contributed by atoms with Crippen LogP contribution in [0.4, 0.5) is 13.2 Å². The molecule has 1 atom stereocenters. The molecule has 0 aliphatic rings. The van der Waals surface area contributed by atoms with E-state index in [-0.39, 0.29) is 41.6 Å². The normalized spacial score (nSPS) is 12.6. The molecule has 154 valence electrons. The average Bonchev–Trinajstić information content (AvgIpc) is 3.08. The number of hydrogen-bond acceptors (Lipinski definition) is 7. The summed E-state index contributed by atoms with van der Waals surface area (Å²) in [6.45, 7) is 3.93. The van der Waals surface area contributed by atoms with E-state index in [4.69, 9.17) is 13.9 Å². The Bertz CT molecular complexity index is 1020. The molecule has 1 amide bonds. The lowest BCUT2D eigenvalue weighted by atomic mass is 10.3. The molecule has 1 unspecified atom stereocenters. The lowest BCUT2D eigenvalue weighted by molar-refractivity contribution is -0.119. The average molecular weight is 410 g/mol. The lowest BCUT2D eigenvalue weighted by Gasteiger charge is -2.13. The fraction of sp³-hybridized carbons (Fsp3) is 0.333. The fourth-order valence-corrected chi connectivity index (χ4v) is 2.35. The molecule has 0 saturated heterocycles. The van der Waals surface area contributed by atoms with Crippen LogP contribution in [0.2, 0.25) is 0 Å². The Balaban J connectivity index is 1.70. The first-order chi connectivity index (χ1) is 13.6. The second kappa shape index (κ2) is 7.94. The minimum Gasteiger partial charge on any atom is -0.474 e. The molecule has 0 aliphatic heterocycles. The number of hydrogen-bond donors (Lipinski definition) is 1. The van der Waals surface area contributed by atoms with Crippen LogP contribution in [0.5, 0.6) is 17.5 Å². The number of fused-ring (bicyclic) bond motifs is 1. The zero-order chi connectivity index (χ0) is 21.2. The molecule has 11 heteroatoms. The van der Waals surface area contributed by atoms with Crippen LogP contribution in [0.25, 0.3) is 11.1 Å². The molecule has 0 saturated carbocycles. The van der Waals surface area contributed by atoms with Gasteiger partial charge < -0.3 is 19.2 Å². The summed E-state index contributed by atoms with van der Waals surface area (Å²) in [6, 6.07) is 2.29. The highest BCUT2D eigenvalue weighted by Crippen LogP contribution is 2.34. The van der Waals surface area contributed by atoms with Gasteiger partial charge in [-0.2, -0.15) is 13.2 Å². The minimum absolute atomic E-state index is 0.0499. The molecule has 0 radical (unpaired) electrons. The van der Waals surface area contributed by atoms with Crippen LogP contribution < -0.4 is 14.8 Å². The van der Waals surface area contributed by atoms with Crippen molar-refractivity contribution in [2.45, 2.75) is 32.7 Å². The molecular formula is C18H17F3N4O4. The van der Waals surface area contributed by atoms with Crippen LogP contribution >= 0.6 is 0 Å². The minimum atomic E-state index is -3.34. The number of carbonyl (C=O) groups excluding carboxylic acids is 1. The zero-order valence-electron chi connectivity index (χ0n) is 15.7. The molecule has 1 aromatic carbocycles. The zero-order valence-corrected chi connectivity index (χ0v) is 15.7. The third-order valence-corrected chi connectivity index (χ3v) is 3.59. The number of benzene rings is 1. The summed E-state index contributed by atoms with van der Waals surface area (Å²) < 4.78 is 56.7. The number of carbonyl (C=O) groups is 1. The monoisotopic (exact) mass is 410 g/mol. The van der Waals surface area contributed by atoms with Crippen LogP contribution in [0.3, 0.4) is 0 Å². The SMILES string of the molecule is CC(=O)NC(C)COc1cnc(Oc2ccc3nc(C(C)(F)F)oc3c2F)cn1. The Morgan fingerprint density at radius 1 is 1.28 bits per heavy atom. The molecule has 3 rings (SSSR count). The first-order valence-electron chi connectivity index (χ1n) is 8.50. The van der Waals surface area contributed by atoms with Gasteiger partial charge in [-0.15, -0.1) is 0 Å². The maximum absolute atomic E-state index is 14.5. The third-order valence-electron chi connectivity index (χ3n) is 3.59. The van der Waals surface area contributed by atoms with Gasteiger partial charge >= 0.3 is 5.92 Å². The molecule has 0 spiro atoms. The van der Waals surface area contributed by atoms with Crippen molar-refractivity contribution in [1.82, 2.24) is 20.3 Å². The van der Waals surface area contributed by atoms with Crippen LogP contribution in [-0.2, 0) is 10.7 Å². The highest BCUT2D eigenvalue weighted by molar-refractivity contribution is 5.75. The molecule has 2 heterocycles. The number of alkyl halides is 2. The smallest absolute Gasteiger partial charge is 0.319 e. The molecule has 1 N–H and O–H groups in total. The maximum Gasteiger partial charge on any atom is 0.319 e. The predicted molar refractivity (Wildman–Crippen MR) is 94.4 cm³/mol. The van der Waals surface area contributed by atoms with E-state index in [1.807, 2.05) is 0 Å². The second-order valence-corrected chi connectivity index (χ2v) is 6.34. The first kappa shape index (κ1) is 20.4. The first-order valence-corrected chi connectivity index (χ1v) is 8.50. The van der Waals surface area contributed by atoms with Crippen molar-refractivity contribution < 1.29 is 31.9 Å². The van der Waals surface area contributed by atoms with Gasteiger partial charge in [0.1, 0.15) is 12.1 Å². The number of oxazole rings is 1. The van der Waals surface area contributed by atoms with Crippen molar-refractivity contribution in [2.24, 2.45) is 0 Å². The van der Waals surface area contributed by atoms with Gasteiger partial charge in [-0.05, 0) is 19.1 Å². The van der Waals surface area contributed by atoms with Crippen molar-refractivity contribution in [3.05, 3.63) is 36.2 Å². The summed E-state index contributed by atoms with van der Waals surface area (Å²) in [5, 5.41) is 2.65. The molecule has 29 heavy (non-hydrogen) atoms. The molecular weight excluding hydrogens is 393 g/mol. The van der Waals surface area contributed by atoms with Gasteiger partial charge in [-0.25, -0.2) is 15.0 Å². The second-order valence-electron chi connectivity index (χ2n) is 6.34. The van der Waals surface area contributed by atoms with Crippen molar-refractivity contribution in [3.8, 4) is 17.5 Å². The van der Waals surface area contributed by atoms with Crippen molar-refractivity contribution in [3.63, 3.8) is 0 Å². The highest BCUT2D eigenvalue weighted by atomic mass is 19.3. The fourth-order valence-electron chi connectivity index (χ4n) is 2.35. The van der Waals surface area contributed by atoms with E-state index in [1.165, 1.54) is 31.5 Å². The topological polar surface area (TPSA) is 99.4 Å². The molecule has 8 nitrogen and oxygen atoms in total. The number of amides is 1. The van der Waals surface area contributed by atoms with Crippen molar-refractivity contribution >= 4 is 17.0 Å². The van der Waals surface area contributed by atoms with Gasteiger partial charge in [0, 0.05) is 13.8 Å². The number of halogens is 3. The van der Waals surface area contributed by atoms with Gasteiger partial charge in [0.05, 0.1) is 18.4 Å². The third kappa shape index (κ3) is 4.92. The Hall–Kier alpha value is -3.37. The van der Waals surface area contributed by atoms with Gasteiger partial charge in [-0.1, -0.05) is 0 Å². The van der Waals surface area contributed by atoms with E-state index in [2.05, 4.69) is 20.3 Å². The Morgan fingerprint density at radius 2 is 1.97 bits per heavy atom. The van der Waals surface area contributed by atoms with Gasteiger partial charge in [-0.3, -0.25) is 4.79 Å². The number of ether oxygens (including phenoxy) is 2. The van der Waals surface area contributed by atoms with E-state index in [1.54, 1.807) is 6.92 Å². The van der Waals surface area contributed by atoms with Crippen LogP contribution in [0, 0.1) is 5.82 Å².